The predicted molar refractivity (Wildman–Crippen MR) is 72.3 cm³/mol. The van der Waals surface area contributed by atoms with Gasteiger partial charge in [0.1, 0.15) is 0 Å². The number of methoxy groups -OCH3 is 1. The second-order valence-corrected chi connectivity index (χ2v) is 5.23. The Balaban J connectivity index is 2.24. The average molecular weight is 266 g/mol. The van der Waals surface area contributed by atoms with E-state index in [1.165, 1.54) is 18.9 Å². The molecule has 0 aliphatic carbocycles. The molecular formula is C14H18O3S. The van der Waals surface area contributed by atoms with Crippen molar-refractivity contribution in [2.75, 3.05) is 7.11 Å². The topological polar surface area (TPSA) is 43.4 Å². The standard InChI is InChI=1S/C14H18O3S/c1-11(14(16)17-2)7-6-10-13(15)18-12-8-4-3-5-9-12/h3-5,8-9,11H,6-7,10H2,1-2H3. The lowest BCUT2D eigenvalue weighted by Crippen LogP contribution is -2.12. The molecule has 0 fully saturated rings. The zero-order valence-corrected chi connectivity index (χ0v) is 11.5. The largest absolute Gasteiger partial charge is 0.469 e. The van der Waals surface area contributed by atoms with Crippen LogP contribution >= 0.6 is 11.8 Å². The van der Waals surface area contributed by atoms with Gasteiger partial charge in [-0.15, -0.1) is 0 Å². The minimum absolute atomic E-state index is 0.135. The average Bonchev–Trinajstić information content (AvgIpc) is 2.38. The zero-order valence-electron chi connectivity index (χ0n) is 10.7. The van der Waals surface area contributed by atoms with E-state index in [1.807, 2.05) is 37.3 Å². The molecule has 0 amide bonds. The van der Waals surface area contributed by atoms with Crippen molar-refractivity contribution in [1.82, 2.24) is 0 Å². The van der Waals surface area contributed by atoms with Crippen LogP contribution in [0.15, 0.2) is 35.2 Å². The van der Waals surface area contributed by atoms with Crippen molar-refractivity contribution < 1.29 is 14.3 Å². The fourth-order valence-electron chi connectivity index (χ4n) is 1.54. The quantitative estimate of drug-likeness (QED) is 0.585. The van der Waals surface area contributed by atoms with Gasteiger partial charge in [0, 0.05) is 11.3 Å². The molecule has 1 atom stereocenters. The lowest BCUT2D eigenvalue weighted by molar-refractivity contribution is -0.145. The fourth-order valence-corrected chi connectivity index (χ4v) is 2.35. The molecule has 0 aliphatic heterocycles. The molecule has 0 radical (unpaired) electrons. The Hall–Kier alpha value is -1.29. The van der Waals surface area contributed by atoms with Crippen molar-refractivity contribution in [2.45, 2.75) is 31.1 Å². The first-order valence-corrected chi connectivity index (χ1v) is 6.78. The number of rotatable bonds is 6. The van der Waals surface area contributed by atoms with Crippen LogP contribution in [-0.4, -0.2) is 18.2 Å². The summed E-state index contributed by atoms with van der Waals surface area (Å²) in [5.41, 5.74) is 0. The minimum Gasteiger partial charge on any atom is -0.469 e. The van der Waals surface area contributed by atoms with Crippen LogP contribution in [-0.2, 0) is 14.3 Å². The van der Waals surface area contributed by atoms with Crippen molar-refractivity contribution in [3.63, 3.8) is 0 Å². The first-order valence-electron chi connectivity index (χ1n) is 5.97. The van der Waals surface area contributed by atoms with Crippen LogP contribution in [0, 0.1) is 5.92 Å². The van der Waals surface area contributed by atoms with E-state index in [0.29, 0.717) is 12.8 Å². The SMILES string of the molecule is COC(=O)C(C)CCCC(=O)Sc1ccccc1. The monoisotopic (exact) mass is 266 g/mol. The first kappa shape index (κ1) is 14.8. The van der Waals surface area contributed by atoms with E-state index in [9.17, 15) is 9.59 Å². The van der Waals surface area contributed by atoms with E-state index in [-0.39, 0.29) is 17.0 Å². The molecule has 98 valence electrons. The molecule has 0 spiro atoms. The van der Waals surface area contributed by atoms with Crippen LogP contribution in [0.5, 0.6) is 0 Å². The molecule has 3 nitrogen and oxygen atoms in total. The predicted octanol–water partition coefficient (Wildman–Crippen LogP) is 3.28. The molecule has 0 aliphatic rings. The van der Waals surface area contributed by atoms with E-state index < -0.39 is 0 Å². The van der Waals surface area contributed by atoms with Gasteiger partial charge < -0.3 is 4.74 Å². The lowest BCUT2D eigenvalue weighted by Gasteiger charge is -2.07. The van der Waals surface area contributed by atoms with E-state index in [1.54, 1.807) is 0 Å². The molecule has 0 saturated carbocycles. The molecule has 0 bridgehead atoms. The Bertz CT molecular complexity index is 389. The highest BCUT2D eigenvalue weighted by molar-refractivity contribution is 8.13. The van der Waals surface area contributed by atoms with Crippen LogP contribution in [0.25, 0.3) is 0 Å². The van der Waals surface area contributed by atoms with Crippen molar-refractivity contribution >= 4 is 22.8 Å². The summed E-state index contributed by atoms with van der Waals surface area (Å²) < 4.78 is 4.64. The molecule has 1 aromatic rings. The van der Waals surface area contributed by atoms with Crippen LogP contribution < -0.4 is 0 Å². The third-order valence-electron chi connectivity index (χ3n) is 2.60. The number of benzene rings is 1. The summed E-state index contributed by atoms with van der Waals surface area (Å²) in [5, 5.41) is 0.137. The number of ether oxygens (including phenoxy) is 1. The highest BCUT2D eigenvalue weighted by atomic mass is 32.2. The normalized spacial score (nSPS) is 11.9. The minimum atomic E-state index is -0.210. The second-order valence-electron chi connectivity index (χ2n) is 4.10. The van der Waals surface area contributed by atoms with Gasteiger partial charge in [0.25, 0.3) is 0 Å². The molecule has 0 heterocycles. The lowest BCUT2D eigenvalue weighted by atomic mass is 10.1. The van der Waals surface area contributed by atoms with E-state index in [4.69, 9.17) is 0 Å². The Morgan fingerprint density at radius 1 is 1.28 bits per heavy atom. The summed E-state index contributed by atoms with van der Waals surface area (Å²) >= 11 is 1.25. The summed E-state index contributed by atoms with van der Waals surface area (Å²) in [5.74, 6) is -0.345. The van der Waals surface area contributed by atoms with Crippen molar-refractivity contribution in [3.05, 3.63) is 30.3 Å². The third kappa shape index (κ3) is 5.36. The first-order chi connectivity index (χ1) is 8.63. The van der Waals surface area contributed by atoms with Gasteiger partial charge in [-0.3, -0.25) is 9.59 Å². The van der Waals surface area contributed by atoms with Crippen LogP contribution in [0.2, 0.25) is 0 Å². The van der Waals surface area contributed by atoms with Crippen molar-refractivity contribution in [1.29, 1.82) is 0 Å². The van der Waals surface area contributed by atoms with Gasteiger partial charge in [0.05, 0.1) is 13.0 Å². The summed E-state index contributed by atoms with van der Waals surface area (Å²) in [7, 11) is 1.38. The van der Waals surface area contributed by atoms with E-state index >= 15 is 0 Å². The zero-order chi connectivity index (χ0) is 13.4. The Kier molecular flexibility index (Phi) is 6.50. The Labute approximate surface area is 112 Å². The number of thioether (sulfide) groups is 1. The second kappa shape index (κ2) is 7.93. The number of carbonyl (C=O) groups excluding carboxylic acids is 2. The molecule has 1 rings (SSSR count). The molecule has 0 saturated heterocycles. The molecule has 1 unspecified atom stereocenters. The maximum absolute atomic E-state index is 11.7. The molecule has 1 aromatic carbocycles. The van der Waals surface area contributed by atoms with Crippen molar-refractivity contribution in [3.8, 4) is 0 Å². The van der Waals surface area contributed by atoms with E-state index in [2.05, 4.69) is 4.74 Å². The molecular weight excluding hydrogens is 248 g/mol. The van der Waals surface area contributed by atoms with Crippen LogP contribution in [0.1, 0.15) is 26.2 Å². The number of hydrogen-bond acceptors (Lipinski definition) is 4. The third-order valence-corrected chi connectivity index (χ3v) is 3.54. The summed E-state index contributed by atoms with van der Waals surface area (Å²) in [4.78, 5) is 23.8. The van der Waals surface area contributed by atoms with Gasteiger partial charge in [0.15, 0.2) is 5.12 Å². The van der Waals surface area contributed by atoms with Crippen LogP contribution in [0.3, 0.4) is 0 Å². The number of carbonyl (C=O) groups is 2. The molecule has 0 aromatic heterocycles. The van der Waals surface area contributed by atoms with Gasteiger partial charge in [-0.25, -0.2) is 0 Å². The highest BCUT2D eigenvalue weighted by Gasteiger charge is 2.13. The van der Waals surface area contributed by atoms with Gasteiger partial charge >= 0.3 is 5.97 Å². The van der Waals surface area contributed by atoms with Gasteiger partial charge in [0.2, 0.25) is 0 Å². The summed E-state index contributed by atoms with van der Waals surface area (Å²) in [6.45, 7) is 1.82. The maximum atomic E-state index is 11.7. The van der Waals surface area contributed by atoms with E-state index in [0.717, 1.165) is 11.3 Å². The smallest absolute Gasteiger partial charge is 0.308 e. The maximum Gasteiger partial charge on any atom is 0.308 e. The van der Waals surface area contributed by atoms with Crippen molar-refractivity contribution in [2.24, 2.45) is 5.92 Å². The number of esters is 1. The number of hydrogen-bond donors (Lipinski definition) is 0. The Morgan fingerprint density at radius 3 is 2.56 bits per heavy atom. The fraction of sp³-hybridized carbons (Fsp3) is 0.429. The molecule has 4 heteroatoms. The van der Waals surface area contributed by atoms with Gasteiger partial charge in [-0.2, -0.15) is 0 Å². The molecule has 0 N–H and O–H groups in total. The van der Waals surface area contributed by atoms with Gasteiger partial charge in [-0.1, -0.05) is 36.9 Å². The summed E-state index contributed by atoms with van der Waals surface area (Å²) in [6.07, 6.45) is 1.89. The Morgan fingerprint density at radius 2 is 1.94 bits per heavy atom. The van der Waals surface area contributed by atoms with Crippen LogP contribution in [0.4, 0.5) is 0 Å². The molecule has 18 heavy (non-hydrogen) atoms. The highest BCUT2D eigenvalue weighted by Crippen LogP contribution is 2.21. The summed E-state index contributed by atoms with van der Waals surface area (Å²) in [6, 6.07) is 9.58. The van der Waals surface area contributed by atoms with Gasteiger partial charge in [-0.05, 0) is 25.0 Å².